The molecule has 0 bridgehead atoms. The highest BCUT2D eigenvalue weighted by Crippen LogP contribution is 1.99. The fourth-order valence-electron chi connectivity index (χ4n) is 1.89. The van der Waals surface area contributed by atoms with Crippen molar-refractivity contribution < 1.29 is 4.79 Å². The molecule has 7 nitrogen and oxygen atoms in total. The standard InChI is InChI=1S/C14H20N6O/c1-3-15-11(2)8-17-14(21)13-10-20(19-18-13)9-12-6-4-5-7-16-12/h4-7,10-11,15H,3,8-9H2,1-2H3,(H,17,21)/t11-/m1/s1. The average Bonchev–Trinajstić information content (AvgIpc) is 2.95. The molecule has 0 radical (unpaired) electrons. The molecule has 2 heterocycles. The molecular formula is C14H20N6O. The van der Waals surface area contributed by atoms with Gasteiger partial charge in [0.1, 0.15) is 0 Å². The number of nitrogens with one attached hydrogen (secondary N) is 2. The van der Waals surface area contributed by atoms with Gasteiger partial charge in [0, 0.05) is 18.8 Å². The summed E-state index contributed by atoms with van der Waals surface area (Å²) < 4.78 is 1.60. The van der Waals surface area contributed by atoms with Crippen molar-refractivity contribution in [2.75, 3.05) is 13.1 Å². The zero-order valence-electron chi connectivity index (χ0n) is 12.3. The molecule has 0 aliphatic heterocycles. The third kappa shape index (κ3) is 4.64. The number of rotatable bonds is 7. The summed E-state index contributed by atoms with van der Waals surface area (Å²) in [6, 6.07) is 5.89. The minimum Gasteiger partial charge on any atom is -0.349 e. The van der Waals surface area contributed by atoms with Crippen LogP contribution in [0.1, 0.15) is 30.0 Å². The van der Waals surface area contributed by atoms with Gasteiger partial charge in [0.2, 0.25) is 0 Å². The van der Waals surface area contributed by atoms with Crippen molar-refractivity contribution >= 4 is 5.91 Å². The van der Waals surface area contributed by atoms with E-state index in [1.807, 2.05) is 32.0 Å². The van der Waals surface area contributed by atoms with Crippen LogP contribution >= 0.6 is 0 Å². The van der Waals surface area contributed by atoms with Gasteiger partial charge in [-0.2, -0.15) is 0 Å². The van der Waals surface area contributed by atoms with E-state index in [9.17, 15) is 4.79 Å². The number of amides is 1. The molecule has 2 N–H and O–H groups in total. The zero-order chi connectivity index (χ0) is 15.1. The zero-order valence-corrected chi connectivity index (χ0v) is 12.3. The number of carbonyl (C=O) groups excluding carboxylic acids is 1. The normalized spacial score (nSPS) is 12.1. The summed E-state index contributed by atoms with van der Waals surface area (Å²) in [5.74, 6) is -0.216. The maximum atomic E-state index is 11.9. The van der Waals surface area contributed by atoms with Crippen LogP contribution in [-0.2, 0) is 6.54 Å². The molecule has 7 heteroatoms. The van der Waals surface area contributed by atoms with E-state index in [2.05, 4.69) is 25.9 Å². The number of aromatic nitrogens is 4. The van der Waals surface area contributed by atoms with Gasteiger partial charge in [0.05, 0.1) is 18.4 Å². The molecule has 0 fully saturated rings. The van der Waals surface area contributed by atoms with E-state index < -0.39 is 0 Å². The van der Waals surface area contributed by atoms with Crippen LogP contribution in [0.4, 0.5) is 0 Å². The second-order valence-electron chi connectivity index (χ2n) is 4.79. The quantitative estimate of drug-likeness (QED) is 0.772. The Labute approximate surface area is 123 Å². The van der Waals surface area contributed by atoms with Gasteiger partial charge in [0.15, 0.2) is 5.69 Å². The predicted molar refractivity (Wildman–Crippen MR) is 78.8 cm³/mol. The van der Waals surface area contributed by atoms with E-state index in [4.69, 9.17) is 0 Å². The summed E-state index contributed by atoms with van der Waals surface area (Å²) in [5, 5.41) is 13.9. The summed E-state index contributed by atoms with van der Waals surface area (Å²) in [5.41, 5.74) is 1.18. The summed E-state index contributed by atoms with van der Waals surface area (Å²) in [4.78, 5) is 16.2. The molecule has 0 aromatic carbocycles. The molecule has 2 rings (SSSR count). The van der Waals surface area contributed by atoms with Crippen molar-refractivity contribution in [3.05, 3.63) is 42.0 Å². The molecule has 1 atom stereocenters. The highest BCUT2D eigenvalue weighted by Gasteiger charge is 2.11. The van der Waals surface area contributed by atoms with Gasteiger partial charge in [-0.15, -0.1) is 5.10 Å². The predicted octanol–water partition coefficient (Wildman–Crippen LogP) is 0.449. The number of nitrogens with zero attached hydrogens (tertiary/aromatic N) is 4. The average molecular weight is 288 g/mol. The van der Waals surface area contributed by atoms with E-state index in [0.717, 1.165) is 12.2 Å². The lowest BCUT2D eigenvalue weighted by molar-refractivity contribution is 0.0945. The van der Waals surface area contributed by atoms with Crippen LogP contribution in [0.5, 0.6) is 0 Å². The van der Waals surface area contributed by atoms with Gasteiger partial charge in [0.25, 0.3) is 5.91 Å². The number of pyridine rings is 1. The van der Waals surface area contributed by atoms with Crippen LogP contribution in [0.15, 0.2) is 30.6 Å². The number of carbonyl (C=O) groups is 1. The minimum absolute atomic E-state index is 0.216. The Balaban J connectivity index is 1.89. The van der Waals surface area contributed by atoms with E-state index in [1.54, 1.807) is 17.1 Å². The molecule has 0 saturated heterocycles. The van der Waals surface area contributed by atoms with Crippen molar-refractivity contribution in [3.8, 4) is 0 Å². The largest absolute Gasteiger partial charge is 0.349 e. The summed E-state index contributed by atoms with van der Waals surface area (Å²) >= 11 is 0. The van der Waals surface area contributed by atoms with Crippen molar-refractivity contribution in [1.82, 2.24) is 30.6 Å². The van der Waals surface area contributed by atoms with Gasteiger partial charge in [-0.05, 0) is 25.6 Å². The fourth-order valence-corrected chi connectivity index (χ4v) is 1.89. The Morgan fingerprint density at radius 2 is 2.29 bits per heavy atom. The maximum Gasteiger partial charge on any atom is 0.273 e. The first-order valence-electron chi connectivity index (χ1n) is 7.00. The lowest BCUT2D eigenvalue weighted by atomic mass is 10.3. The lowest BCUT2D eigenvalue weighted by Gasteiger charge is -2.12. The molecular weight excluding hydrogens is 268 g/mol. The second kappa shape index (κ2) is 7.49. The third-order valence-corrected chi connectivity index (χ3v) is 2.94. The SMILES string of the molecule is CCN[C@H](C)CNC(=O)c1cn(Cc2ccccn2)nn1. The van der Waals surface area contributed by atoms with Crippen LogP contribution in [0.2, 0.25) is 0 Å². The lowest BCUT2D eigenvalue weighted by Crippen LogP contribution is -2.38. The monoisotopic (exact) mass is 288 g/mol. The highest BCUT2D eigenvalue weighted by molar-refractivity contribution is 5.91. The summed E-state index contributed by atoms with van der Waals surface area (Å²) in [6.45, 7) is 5.97. The number of likely N-dealkylation sites (N-methyl/N-ethyl adjacent to an activating group) is 1. The van der Waals surface area contributed by atoms with Gasteiger partial charge in [-0.1, -0.05) is 18.2 Å². The second-order valence-corrected chi connectivity index (χ2v) is 4.79. The number of hydrogen-bond donors (Lipinski definition) is 2. The maximum absolute atomic E-state index is 11.9. The van der Waals surface area contributed by atoms with E-state index in [0.29, 0.717) is 18.8 Å². The van der Waals surface area contributed by atoms with E-state index in [-0.39, 0.29) is 11.9 Å². The van der Waals surface area contributed by atoms with Crippen molar-refractivity contribution in [1.29, 1.82) is 0 Å². The Kier molecular flexibility index (Phi) is 5.39. The first-order chi connectivity index (χ1) is 10.2. The molecule has 112 valence electrons. The topological polar surface area (TPSA) is 84.7 Å². The van der Waals surface area contributed by atoms with Gasteiger partial charge >= 0.3 is 0 Å². The molecule has 0 aliphatic rings. The molecule has 0 unspecified atom stereocenters. The summed E-state index contributed by atoms with van der Waals surface area (Å²) in [7, 11) is 0. The first-order valence-corrected chi connectivity index (χ1v) is 7.00. The molecule has 0 aliphatic carbocycles. The Morgan fingerprint density at radius 3 is 3.00 bits per heavy atom. The van der Waals surface area contributed by atoms with Crippen molar-refractivity contribution in [2.45, 2.75) is 26.4 Å². The molecule has 2 aromatic rings. The van der Waals surface area contributed by atoms with Gasteiger partial charge in [-0.3, -0.25) is 9.78 Å². The van der Waals surface area contributed by atoms with E-state index in [1.165, 1.54) is 0 Å². The van der Waals surface area contributed by atoms with E-state index >= 15 is 0 Å². The smallest absolute Gasteiger partial charge is 0.273 e. The Bertz CT molecular complexity index is 568. The molecule has 1 amide bonds. The highest BCUT2D eigenvalue weighted by atomic mass is 16.2. The van der Waals surface area contributed by atoms with Crippen molar-refractivity contribution in [2.24, 2.45) is 0 Å². The van der Waals surface area contributed by atoms with Gasteiger partial charge in [-0.25, -0.2) is 4.68 Å². The Hall–Kier alpha value is -2.28. The first kappa shape index (κ1) is 15.1. The summed E-state index contributed by atoms with van der Waals surface area (Å²) in [6.07, 6.45) is 3.35. The van der Waals surface area contributed by atoms with Crippen LogP contribution in [0, 0.1) is 0 Å². The van der Waals surface area contributed by atoms with Crippen LogP contribution in [0.25, 0.3) is 0 Å². The van der Waals surface area contributed by atoms with Gasteiger partial charge < -0.3 is 10.6 Å². The third-order valence-electron chi connectivity index (χ3n) is 2.94. The number of hydrogen-bond acceptors (Lipinski definition) is 5. The Morgan fingerprint density at radius 1 is 1.43 bits per heavy atom. The molecule has 2 aromatic heterocycles. The fraction of sp³-hybridized carbons (Fsp3) is 0.429. The van der Waals surface area contributed by atoms with Crippen LogP contribution < -0.4 is 10.6 Å². The molecule has 21 heavy (non-hydrogen) atoms. The van der Waals surface area contributed by atoms with Crippen molar-refractivity contribution in [3.63, 3.8) is 0 Å². The van der Waals surface area contributed by atoms with Crippen LogP contribution in [0.3, 0.4) is 0 Å². The molecule has 0 saturated carbocycles. The van der Waals surface area contributed by atoms with Crippen LogP contribution in [-0.4, -0.2) is 45.0 Å². The minimum atomic E-state index is -0.216. The molecule has 0 spiro atoms.